The van der Waals surface area contributed by atoms with Gasteiger partial charge >= 0.3 is 5.69 Å². The third-order valence-electron chi connectivity index (χ3n) is 3.98. The molecule has 1 aliphatic rings. The summed E-state index contributed by atoms with van der Waals surface area (Å²) in [6.07, 6.45) is 6.29. The maximum Gasteiger partial charge on any atom is 0.311 e. The Morgan fingerprint density at radius 1 is 1.42 bits per heavy atom. The fourth-order valence-electron chi connectivity index (χ4n) is 2.97. The van der Waals surface area contributed by atoms with E-state index in [0.29, 0.717) is 23.7 Å². The van der Waals surface area contributed by atoms with Gasteiger partial charge < -0.3 is 5.32 Å². The number of anilines is 1. The summed E-state index contributed by atoms with van der Waals surface area (Å²) in [4.78, 5) is 14.8. The van der Waals surface area contributed by atoms with Crippen LogP contribution in [0.5, 0.6) is 0 Å². The normalized spacial score (nSPS) is 23.3. The molecular weight excluding hydrogens is 242 g/mol. The van der Waals surface area contributed by atoms with Gasteiger partial charge in [-0.15, -0.1) is 0 Å². The molecule has 2 unspecified atom stereocenters. The van der Waals surface area contributed by atoms with Crippen LogP contribution in [0, 0.1) is 22.0 Å². The van der Waals surface area contributed by atoms with E-state index >= 15 is 0 Å². The Morgan fingerprint density at radius 2 is 2.16 bits per heavy atom. The molecule has 1 N–H and O–H groups in total. The number of nitrogens with zero attached hydrogens (tertiary/aromatic N) is 2. The standard InChI is InChI=1S/C14H21N3O2/c1-10(2)11-6-3-4-7-12(11)16-14-13(17(18)19)8-5-9-15-14/h5,8-12H,3-4,6-7H2,1-2H3,(H,15,16). The Labute approximate surface area is 113 Å². The zero-order chi connectivity index (χ0) is 13.8. The molecule has 1 saturated carbocycles. The van der Waals surface area contributed by atoms with Crippen LogP contribution in [0.3, 0.4) is 0 Å². The molecule has 0 radical (unpaired) electrons. The van der Waals surface area contributed by atoms with Crippen molar-refractivity contribution in [2.24, 2.45) is 11.8 Å². The summed E-state index contributed by atoms with van der Waals surface area (Å²) in [5, 5.41) is 14.3. The van der Waals surface area contributed by atoms with Crippen LogP contribution in [0.4, 0.5) is 11.5 Å². The zero-order valence-corrected chi connectivity index (χ0v) is 11.5. The molecule has 0 aliphatic heterocycles. The van der Waals surface area contributed by atoms with Crippen LogP contribution in [0.25, 0.3) is 0 Å². The maximum absolute atomic E-state index is 11.0. The number of pyridine rings is 1. The second-order valence-electron chi connectivity index (χ2n) is 5.57. The van der Waals surface area contributed by atoms with Gasteiger partial charge in [-0.3, -0.25) is 10.1 Å². The van der Waals surface area contributed by atoms with Crippen molar-refractivity contribution in [2.45, 2.75) is 45.6 Å². The van der Waals surface area contributed by atoms with E-state index in [9.17, 15) is 10.1 Å². The van der Waals surface area contributed by atoms with Crippen LogP contribution in [0.1, 0.15) is 39.5 Å². The number of rotatable bonds is 4. The minimum atomic E-state index is -0.372. The lowest BCUT2D eigenvalue weighted by atomic mass is 9.78. The van der Waals surface area contributed by atoms with E-state index in [1.807, 2.05) is 0 Å². The highest BCUT2D eigenvalue weighted by molar-refractivity contribution is 5.55. The molecule has 1 aromatic rings. The van der Waals surface area contributed by atoms with Crippen molar-refractivity contribution in [3.8, 4) is 0 Å². The third kappa shape index (κ3) is 3.22. The SMILES string of the molecule is CC(C)C1CCCCC1Nc1ncccc1[N+](=O)[O-]. The molecule has 0 saturated heterocycles. The summed E-state index contributed by atoms with van der Waals surface area (Å²) in [5.74, 6) is 1.56. The Kier molecular flexibility index (Phi) is 4.35. The molecule has 1 heterocycles. The van der Waals surface area contributed by atoms with Gasteiger partial charge in [-0.2, -0.15) is 0 Å². The Morgan fingerprint density at radius 3 is 2.84 bits per heavy atom. The van der Waals surface area contributed by atoms with Crippen LogP contribution in [-0.2, 0) is 0 Å². The molecule has 1 aromatic heterocycles. The second kappa shape index (κ2) is 5.99. The number of nitro groups is 1. The van der Waals surface area contributed by atoms with Gasteiger partial charge in [0.1, 0.15) is 0 Å². The smallest absolute Gasteiger partial charge is 0.311 e. The van der Waals surface area contributed by atoms with Crippen LogP contribution < -0.4 is 5.32 Å². The van der Waals surface area contributed by atoms with Gasteiger partial charge in [-0.1, -0.05) is 26.7 Å². The number of hydrogen-bond acceptors (Lipinski definition) is 4. The lowest BCUT2D eigenvalue weighted by molar-refractivity contribution is -0.384. The predicted octanol–water partition coefficient (Wildman–Crippen LogP) is 3.62. The van der Waals surface area contributed by atoms with E-state index in [4.69, 9.17) is 0 Å². The first-order valence-electron chi connectivity index (χ1n) is 6.95. The molecule has 5 nitrogen and oxygen atoms in total. The fraction of sp³-hybridized carbons (Fsp3) is 0.643. The van der Waals surface area contributed by atoms with Gasteiger partial charge in [0.2, 0.25) is 5.82 Å². The Bertz CT molecular complexity index is 448. The molecule has 104 valence electrons. The molecule has 2 atom stereocenters. The molecule has 0 aromatic carbocycles. The summed E-state index contributed by atoms with van der Waals surface area (Å²) in [6, 6.07) is 3.40. The molecule has 1 fully saturated rings. The van der Waals surface area contributed by atoms with Crippen molar-refractivity contribution in [3.63, 3.8) is 0 Å². The number of aromatic nitrogens is 1. The maximum atomic E-state index is 11.0. The van der Waals surface area contributed by atoms with Crippen molar-refractivity contribution < 1.29 is 4.92 Å². The third-order valence-corrected chi connectivity index (χ3v) is 3.98. The zero-order valence-electron chi connectivity index (χ0n) is 11.5. The summed E-state index contributed by atoms with van der Waals surface area (Å²) < 4.78 is 0. The van der Waals surface area contributed by atoms with Crippen LogP contribution in [0.2, 0.25) is 0 Å². The quantitative estimate of drug-likeness (QED) is 0.665. The monoisotopic (exact) mass is 263 g/mol. The highest BCUT2D eigenvalue weighted by Gasteiger charge is 2.29. The van der Waals surface area contributed by atoms with E-state index in [1.54, 1.807) is 12.3 Å². The lowest BCUT2D eigenvalue weighted by Gasteiger charge is -2.35. The lowest BCUT2D eigenvalue weighted by Crippen LogP contribution is -2.35. The van der Waals surface area contributed by atoms with E-state index in [2.05, 4.69) is 24.1 Å². The Hall–Kier alpha value is -1.65. The highest BCUT2D eigenvalue weighted by Crippen LogP contribution is 2.33. The van der Waals surface area contributed by atoms with Gasteiger partial charge in [0, 0.05) is 18.3 Å². The molecule has 0 bridgehead atoms. The number of hydrogen-bond donors (Lipinski definition) is 1. The van der Waals surface area contributed by atoms with Gasteiger partial charge in [0.25, 0.3) is 0 Å². The number of nitrogens with one attached hydrogen (secondary N) is 1. The van der Waals surface area contributed by atoms with Crippen LogP contribution >= 0.6 is 0 Å². The van der Waals surface area contributed by atoms with E-state index in [-0.39, 0.29) is 10.6 Å². The van der Waals surface area contributed by atoms with Gasteiger partial charge in [0.05, 0.1) is 4.92 Å². The molecule has 19 heavy (non-hydrogen) atoms. The van der Waals surface area contributed by atoms with Crippen molar-refractivity contribution in [3.05, 3.63) is 28.4 Å². The summed E-state index contributed by atoms with van der Waals surface area (Å²) in [5.41, 5.74) is 0.0654. The molecule has 0 amide bonds. The fourth-order valence-corrected chi connectivity index (χ4v) is 2.97. The summed E-state index contributed by atoms with van der Waals surface area (Å²) in [6.45, 7) is 4.44. The molecular formula is C14H21N3O2. The van der Waals surface area contributed by atoms with E-state index < -0.39 is 0 Å². The Balaban J connectivity index is 2.17. The minimum Gasteiger partial charge on any atom is -0.361 e. The second-order valence-corrected chi connectivity index (χ2v) is 5.57. The topological polar surface area (TPSA) is 68.1 Å². The minimum absolute atomic E-state index is 0.0654. The van der Waals surface area contributed by atoms with Gasteiger partial charge in [-0.05, 0) is 30.7 Å². The van der Waals surface area contributed by atoms with Crippen molar-refractivity contribution in [1.82, 2.24) is 4.98 Å². The molecule has 5 heteroatoms. The first-order chi connectivity index (χ1) is 9.09. The average Bonchev–Trinajstić information content (AvgIpc) is 2.39. The van der Waals surface area contributed by atoms with Crippen molar-refractivity contribution in [2.75, 3.05) is 5.32 Å². The van der Waals surface area contributed by atoms with E-state index in [1.165, 1.54) is 25.3 Å². The average molecular weight is 263 g/mol. The first kappa shape index (κ1) is 13.8. The van der Waals surface area contributed by atoms with Gasteiger partial charge in [0.15, 0.2) is 0 Å². The molecule has 1 aliphatic carbocycles. The van der Waals surface area contributed by atoms with Crippen LogP contribution in [0.15, 0.2) is 18.3 Å². The van der Waals surface area contributed by atoms with Crippen molar-refractivity contribution >= 4 is 11.5 Å². The van der Waals surface area contributed by atoms with Crippen LogP contribution in [-0.4, -0.2) is 15.9 Å². The highest BCUT2D eigenvalue weighted by atomic mass is 16.6. The van der Waals surface area contributed by atoms with Crippen molar-refractivity contribution in [1.29, 1.82) is 0 Å². The van der Waals surface area contributed by atoms with Gasteiger partial charge in [-0.25, -0.2) is 4.98 Å². The molecule has 2 rings (SSSR count). The molecule has 0 spiro atoms. The summed E-state index contributed by atoms with van der Waals surface area (Å²) >= 11 is 0. The first-order valence-corrected chi connectivity index (χ1v) is 6.95. The largest absolute Gasteiger partial charge is 0.361 e. The van der Waals surface area contributed by atoms with E-state index in [0.717, 1.165) is 6.42 Å². The predicted molar refractivity (Wildman–Crippen MR) is 75.1 cm³/mol. The summed E-state index contributed by atoms with van der Waals surface area (Å²) in [7, 11) is 0.